The van der Waals surface area contributed by atoms with Crippen LogP contribution in [0.4, 0.5) is 0 Å². The average Bonchev–Trinajstić information content (AvgIpc) is 2.39. The second kappa shape index (κ2) is 7.68. The zero-order valence-corrected chi connectivity index (χ0v) is 10.9. The molecular formula is C13H20O5. The van der Waals surface area contributed by atoms with E-state index in [-0.39, 0.29) is 24.4 Å². The van der Waals surface area contributed by atoms with Gasteiger partial charge >= 0.3 is 5.97 Å². The predicted octanol–water partition coefficient (Wildman–Crippen LogP) is 1.18. The number of rotatable bonds is 3. The van der Waals surface area contributed by atoms with Crippen molar-refractivity contribution in [1.82, 2.24) is 0 Å². The molecule has 1 aromatic carbocycles. The summed E-state index contributed by atoms with van der Waals surface area (Å²) in [5.41, 5.74) is 0.130. The molecular weight excluding hydrogens is 236 g/mol. The number of methoxy groups -OCH3 is 1. The van der Waals surface area contributed by atoms with E-state index in [1.165, 1.54) is 31.4 Å². The third-order valence-electron chi connectivity index (χ3n) is 2.14. The maximum Gasteiger partial charge on any atom is 0.337 e. The van der Waals surface area contributed by atoms with Gasteiger partial charge in [0.15, 0.2) is 0 Å². The van der Waals surface area contributed by atoms with Crippen LogP contribution in [-0.2, 0) is 4.74 Å². The monoisotopic (exact) mass is 256 g/mol. The molecule has 3 N–H and O–H groups in total. The smallest absolute Gasteiger partial charge is 0.337 e. The largest absolute Gasteiger partial charge is 0.508 e. The number of carbonyl (C=O) groups excluding carboxylic acids is 1. The molecule has 0 spiro atoms. The molecule has 0 saturated carbocycles. The van der Waals surface area contributed by atoms with E-state index in [1.54, 1.807) is 13.8 Å². The van der Waals surface area contributed by atoms with Gasteiger partial charge in [0.25, 0.3) is 0 Å². The van der Waals surface area contributed by atoms with E-state index in [9.17, 15) is 4.79 Å². The van der Waals surface area contributed by atoms with Crippen molar-refractivity contribution in [1.29, 1.82) is 0 Å². The molecule has 5 nitrogen and oxygen atoms in total. The predicted molar refractivity (Wildman–Crippen MR) is 67.4 cm³/mol. The zero-order chi connectivity index (χ0) is 14.2. The number of aromatic hydroxyl groups is 1. The Hall–Kier alpha value is -1.59. The van der Waals surface area contributed by atoms with Crippen molar-refractivity contribution in [2.45, 2.75) is 13.8 Å². The van der Waals surface area contributed by atoms with Gasteiger partial charge < -0.3 is 20.1 Å². The van der Waals surface area contributed by atoms with Gasteiger partial charge in [0, 0.05) is 5.41 Å². The van der Waals surface area contributed by atoms with Gasteiger partial charge in [-0.15, -0.1) is 0 Å². The molecule has 0 amide bonds. The number of ether oxygens (including phenoxy) is 1. The van der Waals surface area contributed by atoms with E-state index in [4.69, 9.17) is 15.3 Å². The first-order valence-corrected chi connectivity index (χ1v) is 5.45. The molecule has 0 aromatic heterocycles. The lowest BCUT2D eigenvalue weighted by Gasteiger charge is -2.16. The highest BCUT2D eigenvalue weighted by Gasteiger charge is 2.13. The summed E-state index contributed by atoms with van der Waals surface area (Å²) in [5, 5.41) is 25.7. The molecule has 0 fully saturated rings. The number of esters is 1. The third-order valence-corrected chi connectivity index (χ3v) is 2.14. The van der Waals surface area contributed by atoms with Gasteiger partial charge in [-0.05, 0) is 24.3 Å². The Labute approximate surface area is 107 Å². The second-order valence-corrected chi connectivity index (χ2v) is 4.52. The Morgan fingerprint density at radius 1 is 1.17 bits per heavy atom. The van der Waals surface area contributed by atoms with Gasteiger partial charge in [-0.3, -0.25) is 0 Å². The summed E-state index contributed by atoms with van der Waals surface area (Å²) >= 11 is 0. The van der Waals surface area contributed by atoms with Crippen LogP contribution < -0.4 is 0 Å². The molecule has 0 atom stereocenters. The van der Waals surface area contributed by atoms with Crippen LogP contribution in [0.25, 0.3) is 0 Å². The molecule has 0 unspecified atom stereocenters. The normalized spacial score (nSPS) is 10.3. The van der Waals surface area contributed by atoms with Gasteiger partial charge in [0.05, 0.1) is 25.9 Å². The SMILES string of the molecule is CC(C)(CO)CO.COC(=O)c1ccc(O)cc1. The van der Waals surface area contributed by atoms with Crippen LogP contribution in [0.3, 0.4) is 0 Å². The van der Waals surface area contributed by atoms with E-state index in [0.717, 1.165) is 0 Å². The number of benzene rings is 1. The zero-order valence-electron chi connectivity index (χ0n) is 10.9. The summed E-state index contributed by atoms with van der Waals surface area (Å²) in [6.45, 7) is 3.69. The first-order chi connectivity index (χ1) is 8.36. The number of hydrogen-bond acceptors (Lipinski definition) is 5. The molecule has 0 bridgehead atoms. The first kappa shape index (κ1) is 16.4. The molecule has 1 aromatic rings. The van der Waals surface area contributed by atoms with Crippen molar-refractivity contribution >= 4 is 5.97 Å². The summed E-state index contributed by atoms with van der Waals surface area (Å²) in [6.07, 6.45) is 0. The van der Waals surface area contributed by atoms with Crippen LogP contribution in [0, 0.1) is 5.41 Å². The summed E-state index contributed by atoms with van der Waals surface area (Å²) in [5.74, 6) is -0.261. The quantitative estimate of drug-likeness (QED) is 0.707. The number of hydrogen-bond donors (Lipinski definition) is 3. The van der Waals surface area contributed by atoms with Gasteiger partial charge in [0.1, 0.15) is 5.75 Å². The summed E-state index contributed by atoms with van der Waals surface area (Å²) in [7, 11) is 1.31. The van der Waals surface area contributed by atoms with Crippen LogP contribution in [0.1, 0.15) is 24.2 Å². The van der Waals surface area contributed by atoms with Crippen molar-refractivity contribution in [3.63, 3.8) is 0 Å². The van der Waals surface area contributed by atoms with Crippen LogP contribution in [0.15, 0.2) is 24.3 Å². The van der Waals surface area contributed by atoms with E-state index < -0.39 is 5.97 Å². The maximum atomic E-state index is 10.8. The first-order valence-electron chi connectivity index (χ1n) is 5.45. The van der Waals surface area contributed by atoms with Crippen LogP contribution in [0.2, 0.25) is 0 Å². The minimum Gasteiger partial charge on any atom is -0.508 e. The lowest BCUT2D eigenvalue weighted by Crippen LogP contribution is -2.20. The highest BCUT2D eigenvalue weighted by atomic mass is 16.5. The minimum atomic E-state index is -0.398. The van der Waals surface area contributed by atoms with Gasteiger partial charge in [-0.1, -0.05) is 13.8 Å². The molecule has 5 heteroatoms. The number of carbonyl (C=O) groups is 1. The number of aliphatic hydroxyl groups excluding tert-OH is 2. The van der Waals surface area contributed by atoms with Gasteiger partial charge in [-0.25, -0.2) is 4.79 Å². The number of aliphatic hydroxyl groups is 2. The lowest BCUT2D eigenvalue weighted by atomic mass is 9.97. The number of phenolic OH excluding ortho intramolecular Hbond substituents is 1. The Morgan fingerprint density at radius 3 is 1.89 bits per heavy atom. The topological polar surface area (TPSA) is 87.0 Å². The summed E-state index contributed by atoms with van der Waals surface area (Å²) in [6, 6.07) is 5.88. The van der Waals surface area contributed by atoms with Crippen LogP contribution in [0.5, 0.6) is 5.75 Å². The highest BCUT2D eigenvalue weighted by Crippen LogP contribution is 2.10. The third kappa shape index (κ3) is 6.22. The van der Waals surface area contributed by atoms with E-state index in [1.807, 2.05) is 0 Å². The molecule has 0 aliphatic heterocycles. The van der Waals surface area contributed by atoms with E-state index in [2.05, 4.69) is 4.74 Å². The number of phenols is 1. The molecule has 1 rings (SSSR count). The van der Waals surface area contributed by atoms with E-state index >= 15 is 0 Å². The molecule has 0 aliphatic rings. The fourth-order valence-electron chi connectivity index (χ4n) is 0.765. The van der Waals surface area contributed by atoms with Crippen LogP contribution >= 0.6 is 0 Å². The van der Waals surface area contributed by atoms with E-state index in [0.29, 0.717) is 5.56 Å². The Balaban J connectivity index is 0.000000360. The van der Waals surface area contributed by atoms with Gasteiger partial charge in [-0.2, -0.15) is 0 Å². The lowest BCUT2D eigenvalue weighted by molar-refractivity contribution is 0.0600. The second-order valence-electron chi connectivity index (χ2n) is 4.52. The van der Waals surface area contributed by atoms with Crippen molar-refractivity contribution in [2.24, 2.45) is 5.41 Å². The Bertz CT molecular complexity index is 350. The maximum absolute atomic E-state index is 10.8. The fraction of sp³-hybridized carbons (Fsp3) is 0.462. The van der Waals surface area contributed by atoms with Crippen molar-refractivity contribution in [2.75, 3.05) is 20.3 Å². The molecule has 18 heavy (non-hydrogen) atoms. The highest BCUT2D eigenvalue weighted by molar-refractivity contribution is 5.89. The summed E-state index contributed by atoms with van der Waals surface area (Å²) < 4.78 is 4.46. The standard InChI is InChI=1S/C8H8O3.C5H12O2/c1-11-8(10)6-2-4-7(9)5-3-6;1-5(2,3-6)4-7/h2-5,9H,1H3;6-7H,3-4H2,1-2H3. The average molecular weight is 256 g/mol. The fourth-order valence-corrected chi connectivity index (χ4v) is 0.765. The summed E-state index contributed by atoms with van der Waals surface area (Å²) in [4.78, 5) is 10.8. The van der Waals surface area contributed by atoms with Crippen molar-refractivity contribution in [3.05, 3.63) is 29.8 Å². The van der Waals surface area contributed by atoms with Gasteiger partial charge in [0.2, 0.25) is 0 Å². The molecule has 0 radical (unpaired) electrons. The van der Waals surface area contributed by atoms with Crippen LogP contribution in [-0.4, -0.2) is 41.6 Å². The Morgan fingerprint density at radius 2 is 1.61 bits per heavy atom. The Kier molecular flexibility index (Phi) is 7.00. The minimum absolute atomic E-state index is 0.0451. The molecule has 0 saturated heterocycles. The molecule has 0 aliphatic carbocycles. The molecule has 102 valence electrons. The molecule has 0 heterocycles. The van der Waals surface area contributed by atoms with Crippen molar-refractivity contribution in [3.8, 4) is 5.75 Å². The van der Waals surface area contributed by atoms with Crippen molar-refractivity contribution < 1.29 is 24.9 Å².